The highest BCUT2D eigenvalue weighted by Gasteiger charge is 2.27. The zero-order valence-electron chi connectivity index (χ0n) is 13.8. The van der Waals surface area contributed by atoms with Gasteiger partial charge in [-0.2, -0.15) is 4.99 Å². The van der Waals surface area contributed by atoms with E-state index in [2.05, 4.69) is 4.99 Å². The number of aryl methyl sites for hydroxylation is 1. The maximum absolute atomic E-state index is 12.6. The molecule has 5 rings (SSSR count). The number of carbonyl (C=O) groups is 1. The number of aromatic nitrogens is 1. The molecule has 0 bridgehead atoms. The largest absolute Gasteiger partial charge is 0.485 e. The number of fused-ring (bicyclic) bond motifs is 3. The summed E-state index contributed by atoms with van der Waals surface area (Å²) in [6, 6.07) is 11.1. The van der Waals surface area contributed by atoms with Gasteiger partial charge in [0.25, 0.3) is 5.91 Å². The van der Waals surface area contributed by atoms with Gasteiger partial charge in [-0.1, -0.05) is 23.5 Å². The first-order chi connectivity index (χ1) is 12.7. The van der Waals surface area contributed by atoms with Gasteiger partial charge in [0.05, 0.1) is 10.2 Å². The molecular formula is C18H14N2O5S. The molecule has 1 atom stereocenters. The second kappa shape index (κ2) is 5.77. The Morgan fingerprint density at radius 2 is 1.88 bits per heavy atom. The van der Waals surface area contributed by atoms with E-state index in [1.54, 1.807) is 6.07 Å². The van der Waals surface area contributed by atoms with Crippen LogP contribution in [0.5, 0.6) is 23.0 Å². The van der Waals surface area contributed by atoms with Crippen molar-refractivity contribution in [3.63, 3.8) is 0 Å². The van der Waals surface area contributed by atoms with Crippen LogP contribution in [-0.2, 0) is 11.8 Å². The minimum Gasteiger partial charge on any atom is -0.485 e. The van der Waals surface area contributed by atoms with Gasteiger partial charge in [0.1, 0.15) is 6.61 Å². The van der Waals surface area contributed by atoms with E-state index in [0.29, 0.717) is 27.8 Å². The molecule has 1 aromatic heterocycles. The Hall–Kier alpha value is -3.00. The maximum atomic E-state index is 12.6. The van der Waals surface area contributed by atoms with E-state index < -0.39 is 6.10 Å². The van der Waals surface area contributed by atoms with Crippen LogP contribution in [0.2, 0.25) is 0 Å². The lowest BCUT2D eigenvalue weighted by molar-refractivity contribution is -0.127. The number of amides is 1. The molecule has 8 heteroatoms. The number of rotatable bonds is 1. The molecule has 2 aromatic carbocycles. The third kappa shape index (κ3) is 2.41. The van der Waals surface area contributed by atoms with Crippen LogP contribution in [0.4, 0.5) is 0 Å². The van der Waals surface area contributed by atoms with E-state index in [0.717, 1.165) is 10.2 Å². The number of benzene rings is 2. The van der Waals surface area contributed by atoms with E-state index >= 15 is 0 Å². The molecule has 0 saturated heterocycles. The minimum absolute atomic E-state index is 0.143. The summed E-state index contributed by atoms with van der Waals surface area (Å²) in [6.45, 7) is 0.371. The standard InChI is InChI=1S/C18H14N2O5S/c1-20-10-6-13-14(24-9-23-13)7-16(10)26-18(20)19-17(21)15-8-22-11-4-2-3-5-12(11)25-15/h2-7,15H,8-9H2,1H3/t15-/m0/s1. The fourth-order valence-electron chi connectivity index (χ4n) is 2.93. The first-order valence-corrected chi connectivity index (χ1v) is 8.87. The number of hydrogen-bond donors (Lipinski definition) is 0. The summed E-state index contributed by atoms with van der Waals surface area (Å²) in [7, 11) is 1.86. The van der Waals surface area contributed by atoms with E-state index in [9.17, 15) is 4.79 Å². The quantitative estimate of drug-likeness (QED) is 0.657. The lowest BCUT2D eigenvalue weighted by Crippen LogP contribution is -2.36. The third-order valence-corrected chi connectivity index (χ3v) is 5.39. The molecule has 0 fully saturated rings. The van der Waals surface area contributed by atoms with E-state index in [1.807, 2.05) is 41.9 Å². The summed E-state index contributed by atoms with van der Waals surface area (Å²) in [4.78, 5) is 17.4. The Kier molecular flexibility index (Phi) is 3.39. The van der Waals surface area contributed by atoms with Gasteiger partial charge in [-0.3, -0.25) is 4.79 Å². The molecule has 0 aliphatic carbocycles. The smallest absolute Gasteiger partial charge is 0.292 e. The van der Waals surface area contributed by atoms with Crippen molar-refractivity contribution in [3.05, 3.63) is 41.2 Å². The Labute approximate surface area is 152 Å². The van der Waals surface area contributed by atoms with Gasteiger partial charge in [-0.25, -0.2) is 0 Å². The molecule has 0 unspecified atom stereocenters. The molecular weight excluding hydrogens is 356 g/mol. The van der Waals surface area contributed by atoms with Crippen molar-refractivity contribution in [2.45, 2.75) is 6.10 Å². The summed E-state index contributed by atoms with van der Waals surface area (Å²) < 4.78 is 25.0. The summed E-state index contributed by atoms with van der Waals surface area (Å²) >= 11 is 1.41. The molecule has 7 nitrogen and oxygen atoms in total. The SMILES string of the molecule is Cn1c(=NC(=O)[C@@H]2COc3ccccc3O2)sc2cc3c(cc21)OCO3. The van der Waals surface area contributed by atoms with Gasteiger partial charge in [0.15, 0.2) is 27.8 Å². The zero-order chi connectivity index (χ0) is 17.7. The fraction of sp³-hybridized carbons (Fsp3) is 0.222. The van der Waals surface area contributed by atoms with Crippen molar-refractivity contribution in [3.8, 4) is 23.0 Å². The van der Waals surface area contributed by atoms with E-state index in [4.69, 9.17) is 18.9 Å². The molecule has 3 heterocycles. The normalized spacial score (nSPS) is 18.3. The predicted octanol–water partition coefficient (Wildman–Crippen LogP) is 2.24. The molecule has 2 aliphatic heterocycles. The Morgan fingerprint density at radius 3 is 2.73 bits per heavy atom. The summed E-state index contributed by atoms with van der Waals surface area (Å²) in [5.41, 5.74) is 0.928. The van der Waals surface area contributed by atoms with Crippen LogP contribution in [0, 0.1) is 0 Å². The van der Waals surface area contributed by atoms with Gasteiger partial charge >= 0.3 is 0 Å². The van der Waals surface area contributed by atoms with Gasteiger partial charge in [0.2, 0.25) is 12.9 Å². The molecule has 0 saturated carbocycles. The van der Waals surface area contributed by atoms with Gasteiger partial charge in [-0.15, -0.1) is 0 Å². The van der Waals surface area contributed by atoms with Crippen molar-refractivity contribution in [2.24, 2.45) is 12.0 Å². The van der Waals surface area contributed by atoms with Crippen LogP contribution in [0.1, 0.15) is 0 Å². The van der Waals surface area contributed by atoms with Crippen molar-refractivity contribution in [1.29, 1.82) is 0 Å². The van der Waals surface area contributed by atoms with E-state index in [-0.39, 0.29) is 19.3 Å². The van der Waals surface area contributed by atoms with Gasteiger partial charge in [0, 0.05) is 19.2 Å². The number of nitrogens with zero attached hydrogens (tertiary/aromatic N) is 2. The Balaban J connectivity index is 1.49. The lowest BCUT2D eigenvalue weighted by Gasteiger charge is -2.23. The van der Waals surface area contributed by atoms with Crippen LogP contribution < -0.4 is 23.7 Å². The highest BCUT2D eigenvalue weighted by molar-refractivity contribution is 7.16. The molecule has 0 N–H and O–H groups in total. The zero-order valence-corrected chi connectivity index (χ0v) is 14.6. The maximum Gasteiger partial charge on any atom is 0.292 e. The third-order valence-electron chi connectivity index (χ3n) is 4.29. The van der Waals surface area contributed by atoms with Crippen molar-refractivity contribution < 1.29 is 23.7 Å². The van der Waals surface area contributed by atoms with Crippen LogP contribution in [0.25, 0.3) is 10.2 Å². The van der Waals surface area contributed by atoms with Crippen LogP contribution >= 0.6 is 11.3 Å². The van der Waals surface area contributed by atoms with Crippen molar-refractivity contribution in [2.75, 3.05) is 13.4 Å². The predicted molar refractivity (Wildman–Crippen MR) is 93.8 cm³/mol. The lowest BCUT2D eigenvalue weighted by atomic mass is 10.2. The van der Waals surface area contributed by atoms with Gasteiger partial charge < -0.3 is 23.5 Å². The number of para-hydroxylation sites is 2. The number of thiazole rings is 1. The Bertz CT molecular complexity index is 1100. The Morgan fingerprint density at radius 1 is 1.12 bits per heavy atom. The molecule has 0 spiro atoms. The summed E-state index contributed by atoms with van der Waals surface area (Å²) in [6.07, 6.45) is -0.758. The average Bonchev–Trinajstić information content (AvgIpc) is 3.24. The highest BCUT2D eigenvalue weighted by atomic mass is 32.1. The number of carbonyl (C=O) groups excluding carboxylic acids is 1. The van der Waals surface area contributed by atoms with Crippen LogP contribution in [0.3, 0.4) is 0 Å². The molecule has 0 radical (unpaired) electrons. The first-order valence-electron chi connectivity index (χ1n) is 8.05. The van der Waals surface area contributed by atoms with Crippen molar-refractivity contribution >= 4 is 27.5 Å². The minimum atomic E-state index is -0.758. The second-order valence-electron chi connectivity index (χ2n) is 5.93. The second-order valence-corrected chi connectivity index (χ2v) is 6.94. The van der Waals surface area contributed by atoms with Crippen LogP contribution in [-0.4, -0.2) is 30.0 Å². The number of hydrogen-bond acceptors (Lipinski definition) is 6. The monoisotopic (exact) mass is 370 g/mol. The molecule has 1 amide bonds. The van der Waals surface area contributed by atoms with Gasteiger partial charge in [-0.05, 0) is 12.1 Å². The molecule has 132 valence electrons. The fourth-order valence-corrected chi connectivity index (χ4v) is 3.97. The van der Waals surface area contributed by atoms with Crippen molar-refractivity contribution in [1.82, 2.24) is 4.57 Å². The highest BCUT2D eigenvalue weighted by Crippen LogP contribution is 2.36. The summed E-state index contributed by atoms with van der Waals surface area (Å²) in [5.74, 6) is 2.22. The number of ether oxygens (including phenoxy) is 4. The average molecular weight is 370 g/mol. The summed E-state index contributed by atoms with van der Waals surface area (Å²) in [5, 5.41) is 0. The first kappa shape index (κ1) is 15.3. The molecule has 3 aromatic rings. The molecule has 26 heavy (non-hydrogen) atoms. The molecule has 2 aliphatic rings. The van der Waals surface area contributed by atoms with Crippen LogP contribution in [0.15, 0.2) is 41.4 Å². The van der Waals surface area contributed by atoms with E-state index in [1.165, 1.54) is 11.3 Å². The topological polar surface area (TPSA) is 71.3 Å².